The summed E-state index contributed by atoms with van der Waals surface area (Å²) in [5, 5.41) is 15.0. The first-order valence-corrected chi connectivity index (χ1v) is 11.5. The molecule has 0 saturated carbocycles. The Morgan fingerprint density at radius 3 is 2.64 bits per heavy atom. The molecule has 0 unspecified atom stereocenters. The minimum absolute atomic E-state index is 0.578. The first kappa shape index (κ1) is 23.0. The molecule has 11 heteroatoms. The molecule has 0 aliphatic heterocycles. The Morgan fingerprint density at radius 2 is 1.88 bits per heavy atom. The molecule has 4 rings (SSSR count). The van der Waals surface area contributed by atoms with E-state index in [-0.39, 0.29) is 0 Å². The van der Waals surface area contributed by atoms with Gasteiger partial charge in [0.05, 0.1) is 14.2 Å². The molecule has 0 N–H and O–H groups in total. The first-order chi connectivity index (χ1) is 16.2. The Balaban J connectivity index is 1.75. The lowest BCUT2D eigenvalue weighted by atomic mass is 10.2. The molecule has 3 heterocycles. The third-order valence-electron chi connectivity index (χ3n) is 5.06. The van der Waals surface area contributed by atoms with Gasteiger partial charge in [-0.3, -0.25) is 0 Å². The molecule has 0 saturated heterocycles. The van der Waals surface area contributed by atoms with Crippen LogP contribution in [0.2, 0.25) is 0 Å². The van der Waals surface area contributed by atoms with Crippen LogP contribution >= 0.6 is 11.8 Å². The van der Waals surface area contributed by atoms with Crippen LogP contribution in [0.4, 0.5) is 0 Å². The highest BCUT2D eigenvalue weighted by molar-refractivity contribution is 7.99. The van der Waals surface area contributed by atoms with E-state index in [2.05, 4.69) is 36.8 Å². The zero-order chi connectivity index (χ0) is 23.2. The number of rotatable bonds is 11. The van der Waals surface area contributed by atoms with Crippen LogP contribution in [0.15, 0.2) is 40.8 Å². The summed E-state index contributed by atoms with van der Waals surface area (Å²) < 4.78 is 20.0. The van der Waals surface area contributed by atoms with Gasteiger partial charge in [0, 0.05) is 31.5 Å². The molecule has 0 atom stereocenters. The Morgan fingerprint density at radius 1 is 1.03 bits per heavy atom. The number of hydrogen-bond donors (Lipinski definition) is 0. The predicted octanol–water partition coefficient (Wildman–Crippen LogP) is 3.54. The summed E-state index contributed by atoms with van der Waals surface area (Å²) in [6, 6.07) is 7.77. The molecule has 4 aromatic rings. The van der Waals surface area contributed by atoms with E-state index in [4.69, 9.17) is 14.2 Å². The van der Waals surface area contributed by atoms with Crippen LogP contribution in [-0.2, 0) is 17.7 Å². The van der Waals surface area contributed by atoms with Crippen LogP contribution in [0.25, 0.3) is 17.2 Å². The van der Waals surface area contributed by atoms with Crippen molar-refractivity contribution in [3.63, 3.8) is 0 Å². The second-order valence-electron chi connectivity index (χ2n) is 7.28. The van der Waals surface area contributed by atoms with Gasteiger partial charge in [0.15, 0.2) is 22.5 Å². The van der Waals surface area contributed by atoms with Gasteiger partial charge in [0.2, 0.25) is 0 Å². The zero-order valence-electron chi connectivity index (χ0n) is 19.2. The first-order valence-electron chi connectivity index (χ1n) is 10.7. The lowest BCUT2D eigenvalue weighted by Gasteiger charge is -2.12. The van der Waals surface area contributed by atoms with E-state index in [1.807, 2.05) is 24.3 Å². The van der Waals surface area contributed by atoms with E-state index in [1.165, 1.54) is 18.1 Å². The van der Waals surface area contributed by atoms with Gasteiger partial charge in [-0.15, -0.1) is 10.2 Å². The van der Waals surface area contributed by atoms with Crippen molar-refractivity contribution in [2.75, 3.05) is 27.9 Å². The monoisotopic (exact) mass is 469 g/mol. The molecule has 1 aromatic carbocycles. The fourth-order valence-corrected chi connectivity index (χ4v) is 4.47. The Labute approximate surface area is 196 Å². The second kappa shape index (κ2) is 10.6. The largest absolute Gasteiger partial charge is 0.493 e. The highest BCUT2D eigenvalue weighted by Crippen LogP contribution is 2.34. The summed E-state index contributed by atoms with van der Waals surface area (Å²) in [5.41, 5.74) is 1.86. The third-order valence-corrected chi connectivity index (χ3v) is 6.05. The normalized spacial score (nSPS) is 11.3. The Kier molecular flexibility index (Phi) is 7.40. The van der Waals surface area contributed by atoms with E-state index in [0.29, 0.717) is 30.4 Å². The summed E-state index contributed by atoms with van der Waals surface area (Å²) >= 11 is 1.49. The van der Waals surface area contributed by atoms with Crippen LogP contribution in [0.3, 0.4) is 0 Å². The van der Waals surface area contributed by atoms with Crippen molar-refractivity contribution < 1.29 is 14.2 Å². The molecule has 0 radical (unpaired) electrons. The number of aromatic nitrogens is 7. The standard InChI is InChI=1S/C22H27N7O3S/c1-5-7-16-13-19(29-21(25-16)23-14-24-29)33-22-27-26-20(28(22)10-6-11-30-2)15-8-9-17(31-3)18(12-15)32-4/h8-9,12-14H,5-7,10-11H2,1-4H3. The second-order valence-corrected chi connectivity index (χ2v) is 8.27. The Bertz CT molecular complexity index is 1220. The van der Waals surface area contributed by atoms with E-state index in [9.17, 15) is 0 Å². The zero-order valence-corrected chi connectivity index (χ0v) is 20.0. The smallest absolute Gasteiger partial charge is 0.253 e. The van der Waals surface area contributed by atoms with Crippen LogP contribution in [0.1, 0.15) is 25.5 Å². The number of nitrogens with zero attached hydrogens (tertiary/aromatic N) is 7. The van der Waals surface area contributed by atoms with Crippen molar-refractivity contribution >= 4 is 17.5 Å². The number of fused-ring (bicyclic) bond motifs is 1. The molecule has 0 fully saturated rings. The van der Waals surface area contributed by atoms with Crippen LogP contribution in [0, 0.1) is 0 Å². The van der Waals surface area contributed by atoms with E-state index >= 15 is 0 Å². The molecule has 0 amide bonds. The van der Waals surface area contributed by atoms with Gasteiger partial charge in [-0.05, 0) is 48.9 Å². The summed E-state index contributed by atoms with van der Waals surface area (Å²) in [6.07, 6.45) is 4.20. The number of hydrogen-bond acceptors (Lipinski definition) is 9. The maximum absolute atomic E-state index is 5.48. The van der Waals surface area contributed by atoms with Gasteiger partial charge < -0.3 is 18.8 Å². The van der Waals surface area contributed by atoms with Crippen molar-refractivity contribution in [2.24, 2.45) is 0 Å². The molecule has 0 spiro atoms. The maximum Gasteiger partial charge on any atom is 0.253 e. The van der Waals surface area contributed by atoms with Crippen molar-refractivity contribution in [1.82, 2.24) is 34.3 Å². The van der Waals surface area contributed by atoms with Crippen molar-refractivity contribution in [3.05, 3.63) is 36.3 Å². The van der Waals surface area contributed by atoms with Gasteiger partial charge in [-0.25, -0.2) is 4.98 Å². The average Bonchev–Trinajstić information content (AvgIpc) is 3.46. The van der Waals surface area contributed by atoms with Gasteiger partial charge in [-0.2, -0.15) is 14.6 Å². The third kappa shape index (κ3) is 4.93. The minimum atomic E-state index is 0.578. The molecular formula is C22H27N7O3S. The maximum atomic E-state index is 5.48. The number of ether oxygens (including phenoxy) is 3. The SMILES string of the molecule is CCCc1cc(Sc2nnc(-c3ccc(OC)c(OC)c3)n2CCCOC)n2ncnc2n1. The number of aryl methyl sites for hydroxylation is 1. The molecule has 0 aliphatic rings. The predicted molar refractivity (Wildman–Crippen MR) is 124 cm³/mol. The molecule has 174 valence electrons. The summed E-state index contributed by atoms with van der Waals surface area (Å²) in [5.74, 6) is 2.62. The quantitative estimate of drug-likeness (QED) is 0.241. The number of methoxy groups -OCH3 is 3. The highest BCUT2D eigenvalue weighted by Gasteiger charge is 2.19. The topological polar surface area (TPSA) is 101 Å². The van der Waals surface area contributed by atoms with Crippen molar-refractivity contribution in [3.8, 4) is 22.9 Å². The van der Waals surface area contributed by atoms with E-state index in [0.717, 1.165) is 46.5 Å². The van der Waals surface area contributed by atoms with Gasteiger partial charge in [0.25, 0.3) is 5.78 Å². The molecule has 3 aromatic heterocycles. The average molecular weight is 470 g/mol. The van der Waals surface area contributed by atoms with E-state index < -0.39 is 0 Å². The lowest BCUT2D eigenvalue weighted by Crippen LogP contribution is -2.06. The fraction of sp³-hybridized carbons (Fsp3) is 0.409. The lowest BCUT2D eigenvalue weighted by molar-refractivity contribution is 0.189. The molecule has 0 aliphatic carbocycles. The summed E-state index contributed by atoms with van der Waals surface area (Å²) in [6.45, 7) is 3.46. The Hall–Kier alpha value is -3.18. The summed E-state index contributed by atoms with van der Waals surface area (Å²) in [7, 11) is 4.93. The van der Waals surface area contributed by atoms with Crippen molar-refractivity contribution in [1.29, 1.82) is 0 Å². The van der Waals surface area contributed by atoms with Gasteiger partial charge in [-0.1, -0.05) is 13.3 Å². The van der Waals surface area contributed by atoms with Crippen LogP contribution < -0.4 is 9.47 Å². The van der Waals surface area contributed by atoms with Crippen LogP contribution in [-0.4, -0.2) is 62.3 Å². The highest BCUT2D eigenvalue weighted by atomic mass is 32.2. The number of benzene rings is 1. The molecule has 10 nitrogen and oxygen atoms in total. The molecular weight excluding hydrogens is 442 g/mol. The molecule has 33 heavy (non-hydrogen) atoms. The minimum Gasteiger partial charge on any atom is -0.493 e. The van der Waals surface area contributed by atoms with Gasteiger partial charge >= 0.3 is 0 Å². The van der Waals surface area contributed by atoms with Gasteiger partial charge in [0.1, 0.15) is 11.4 Å². The fourth-order valence-electron chi connectivity index (χ4n) is 3.50. The molecule has 0 bridgehead atoms. The van der Waals surface area contributed by atoms with Crippen molar-refractivity contribution in [2.45, 2.75) is 42.9 Å². The summed E-state index contributed by atoms with van der Waals surface area (Å²) in [4.78, 5) is 8.87. The van der Waals surface area contributed by atoms with Crippen LogP contribution in [0.5, 0.6) is 11.5 Å². The van der Waals surface area contributed by atoms with E-state index in [1.54, 1.807) is 25.8 Å².